The second kappa shape index (κ2) is 5.54. The number of ether oxygens (including phenoxy) is 1. The number of halogens is 1. The van der Waals surface area contributed by atoms with Gasteiger partial charge in [0.1, 0.15) is 5.75 Å². The van der Waals surface area contributed by atoms with Crippen molar-refractivity contribution in [1.82, 2.24) is 4.98 Å². The second-order valence-corrected chi connectivity index (χ2v) is 4.92. The van der Waals surface area contributed by atoms with E-state index < -0.39 is 5.24 Å². The molecule has 3 nitrogen and oxygen atoms in total. The number of benzene rings is 2. The zero-order valence-corrected chi connectivity index (χ0v) is 12.1. The maximum atomic E-state index is 11.7. The molecule has 0 saturated carbocycles. The van der Waals surface area contributed by atoms with E-state index in [-0.39, 0.29) is 0 Å². The molecule has 0 N–H and O–H groups in total. The van der Waals surface area contributed by atoms with Gasteiger partial charge < -0.3 is 4.74 Å². The van der Waals surface area contributed by atoms with Crippen LogP contribution in [0.3, 0.4) is 0 Å². The molecule has 2 aromatic carbocycles. The lowest BCUT2D eigenvalue weighted by atomic mass is 10.0. The Balaban J connectivity index is 2.25. The van der Waals surface area contributed by atoms with Crippen molar-refractivity contribution in [3.05, 3.63) is 60.2 Å². The van der Waals surface area contributed by atoms with Gasteiger partial charge >= 0.3 is 0 Å². The Kier molecular flexibility index (Phi) is 3.59. The number of fused-ring (bicyclic) bond motifs is 1. The molecule has 4 heteroatoms. The average Bonchev–Trinajstić information content (AvgIpc) is 2.53. The maximum Gasteiger partial charge on any atom is 0.253 e. The Labute approximate surface area is 127 Å². The standard InChI is InChI=1S/C17H12ClNO2/c1-21-12-6-4-5-11(9-12)16-10-14(17(18)20)13-7-2-3-8-15(13)19-16/h2-10H,1H3. The number of aromatic nitrogens is 1. The molecule has 0 amide bonds. The highest BCUT2D eigenvalue weighted by Crippen LogP contribution is 2.27. The molecule has 0 radical (unpaired) electrons. The Morgan fingerprint density at radius 3 is 2.67 bits per heavy atom. The summed E-state index contributed by atoms with van der Waals surface area (Å²) in [7, 11) is 1.61. The van der Waals surface area contributed by atoms with Crippen molar-refractivity contribution in [3.8, 4) is 17.0 Å². The van der Waals surface area contributed by atoms with Gasteiger partial charge in [-0.15, -0.1) is 0 Å². The van der Waals surface area contributed by atoms with Crippen molar-refractivity contribution in [3.63, 3.8) is 0 Å². The van der Waals surface area contributed by atoms with Crippen molar-refractivity contribution in [2.75, 3.05) is 7.11 Å². The van der Waals surface area contributed by atoms with Crippen molar-refractivity contribution in [2.24, 2.45) is 0 Å². The lowest BCUT2D eigenvalue weighted by Crippen LogP contribution is -1.95. The first kappa shape index (κ1) is 13.6. The third-order valence-corrected chi connectivity index (χ3v) is 3.50. The highest BCUT2D eigenvalue weighted by atomic mass is 35.5. The number of para-hydroxylation sites is 1. The number of rotatable bonds is 3. The summed E-state index contributed by atoms with van der Waals surface area (Å²) < 4.78 is 5.22. The minimum absolute atomic E-state index is 0.458. The van der Waals surface area contributed by atoms with Crippen molar-refractivity contribution in [2.45, 2.75) is 0 Å². The summed E-state index contributed by atoms with van der Waals surface area (Å²) in [4.78, 5) is 16.3. The fourth-order valence-corrected chi connectivity index (χ4v) is 2.42. The summed E-state index contributed by atoms with van der Waals surface area (Å²) in [6.07, 6.45) is 0. The van der Waals surface area contributed by atoms with Crippen LogP contribution in [0.4, 0.5) is 0 Å². The van der Waals surface area contributed by atoms with Gasteiger partial charge in [-0.25, -0.2) is 4.98 Å². The van der Waals surface area contributed by atoms with Crippen LogP contribution in [-0.2, 0) is 0 Å². The number of carbonyl (C=O) groups excluding carboxylic acids is 1. The molecule has 0 saturated heterocycles. The Bertz CT molecular complexity index is 830. The van der Waals surface area contributed by atoms with Crippen molar-refractivity contribution < 1.29 is 9.53 Å². The zero-order chi connectivity index (χ0) is 14.8. The first-order chi connectivity index (χ1) is 10.2. The Hall–Kier alpha value is -2.39. The molecule has 0 fully saturated rings. The molecule has 1 aromatic heterocycles. The maximum absolute atomic E-state index is 11.7. The van der Waals surface area contributed by atoms with Gasteiger partial charge in [-0.3, -0.25) is 4.79 Å². The minimum Gasteiger partial charge on any atom is -0.497 e. The molecule has 0 atom stereocenters. The molecule has 0 aliphatic rings. The van der Waals surface area contributed by atoms with Crippen LogP contribution in [0.5, 0.6) is 5.75 Å². The van der Waals surface area contributed by atoms with E-state index in [0.29, 0.717) is 11.3 Å². The quantitative estimate of drug-likeness (QED) is 0.677. The van der Waals surface area contributed by atoms with Gasteiger partial charge in [-0.1, -0.05) is 30.3 Å². The third kappa shape index (κ3) is 2.60. The van der Waals surface area contributed by atoms with Crippen LogP contribution < -0.4 is 4.74 Å². The van der Waals surface area contributed by atoms with E-state index in [1.807, 2.05) is 48.5 Å². The summed E-state index contributed by atoms with van der Waals surface area (Å²) in [5, 5.41) is 0.266. The number of methoxy groups -OCH3 is 1. The fraction of sp³-hybridized carbons (Fsp3) is 0.0588. The normalized spacial score (nSPS) is 10.6. The van der Waals surface area contributed by atoms with E-state index in [9.17, 15) is 4.79 Å². The molecular weight excluding hydrogens is 286 g/mol. The molecule has 3 rings (SSSR count). The van der Waals surface area contributed by atoms with Crippen LogP contribution in [0, 0.1) is 0 Å². The number of hydrogen-bond acceptors (Lipinski definition) is 3. The average molecular weight is 298 g/mol. The lowest BCUT2D eigenvalue weighted by molar-refractivity contribution is 0.108. The number of carbonyl (C=O) groups is 1. The molecule has 0 bridgehead atoms. The molecule has 1 heterocycles. The van der Waals surface area contributed by atoms with E-state index in [2.05, 4.69) is 4.98 Å². The van der Waals surface area contributed by atoms with E-state index in [0.717, 1.165) is 22.2 Å². The van der Waals surface area contributed by atoms with Gasteiger partial charge in [0.15, 0.2) is 0 Å². The summed E-state index contributed by atoms with van der Waals surface area (Å²) in [5.41, 5.74) is 2.76. The summed E-state index contributed by atoms with van der Waals surface area (Å²) >= 11 is 5.71. The predicted octanol–water partition coefficient (Wildman–Crippen LogP) is 4.29. The smallest absolute Gasteiger partial charge is 0.253 e. The lowest BCUT2D eigenvalue weighted by Gasteiger charge is -2.08. The van der Waals surface area contributed by atoms with E-state index in [1.54, 1.807) is 13.2 Å². The summed E-state index contributed by atoms with van der Waals surface area (Å²) in [6.45, 7) is 0. The van der Waals surface area contributed by atoms with Crippen LogP contribution in [0.2, 0.25) is 0 Å². The number of hydrogen-bond donors (Lipinski definition) is 0. The topological polar surface area (TPSA) is 39.2 Å². The molecule has 0 aliphatic carbocycles. The molecule has 21 heavy (non-hydrogen) atoms. The van der Waals surface area contributed by atoms with Crippen LogP contribution in [0.15, 0.2) is 54.6 Å². The predicted molar refractivity (Wildman–Crippen MR) is 83.9 cm³/mol. The Morgan fingerprint density at radius 1 is 1.10 bits per heavy atom. The van der Waals surface area contributed by atoms with Gasteiger partial charge in [0, 0.05) is 16.5 Å². The van der Waals surface area contributed by atoms with Crippen molar-refractivity contribution >= 4 is 27.7 Å². The van der Waals surface area contributed by atoms with Gasteiger partial charge in [0.05, 0.1) is 18.3 Å². The summed E-state index contributed by atoms with van der Waals surface area (Å²) in [6, 6.07) is 16.7. The molecule has 3 aromatic rings. The SMILES string of the molecule is COc1cccc(-c2cc(C(=O)Cl)c3ccccc3n2)c1. The van der Waals surface area contributed by atoms with Crippen LogP contribution in [0.25, 0.3) is 22.2 Å². The van der Waals surface area contributed by atoms with E-state index in [1.165, 1.54) is 0 Å². The van der Waals surface area contributed by atoms with E-state index in [4.69, 9.17) is 16.3 Å². The van der Waals surface area contributed by atoms with Crippen molar-refractivity contribution in [1.29, 1.82) is 0 Å². The molecule has 0 aliphatic heterocycles. The van der Waals surface area contributed by atoms with Gasteiger partial charge in [-0.05, 0) is 35.9 Å². The molecular formula is C17H12ClNO2. The van der Waals surface area contributed by atoms with Gasteiger partial charge in [-0.2, -0.15) is 0 Å². The minimum atomic E-state index is -0.488. The molecule has 0 spiro atoms. The second-order valence-electron chi connectivity index (χ2n) is 4.58. The highest BCUT2D eigenvalue weighted by Gasteiger charge is 2.12. The first-order valence-corrected chi connectivity index (χ1v) is 6.81. The monoisotopic (exact) mass is 297 g/mol. The van der Waals surface area contributed by atoms with Gasteiger partial charge in [0.25, 0.3) is 5.24 Å². The number of nitrogens with zero attached hydrogens (tertiary/aromatic N) is 1. The van der Waals surface area contributed by atoms with E-state index >= 15 is 0 Å². The third-order valence-electron chi connectivity index (χ3n) is 3.29. The van der Waals surface area contributed by atoms with Crippen LogP contribution in [-0.4, -0.2) is 17.3 Å². The largest absolute Gasteiger partial charge is 0.497 e. The molecule has 0 unspecified atom stereocenters. The fourth-order valence-electron chi connectivity index (χ4n) is 2.27. The first-order valence-electron chi connectivity index (χ1n) is 6.43. The van der Waals surface area contributed by atoms with Crippen LogP contribution >= 0.6 is 11.6 Å². The zero-order valence-electron chi connectivity index (χ0n) is 11.3. The Morgan fingerprint density at radius 2 is 1.90 bits per heavy atom. The highest BCUT2D eigenvalue weighted by molar-refractivity contribution is 6.68. The molecule has 104 valence electrons. The number of pyridine rings is 1. The summed E-state index contributed by atoms with van der Waals surface area (Å²) in [5.74, 6) is 0.737. The van der Waals surface area contributed by atoms with Gasteiger partial charge in [0.2, 0.25) is 0 Å². The van der Waals surface area contributed by atoms with Crippen LogP contribution in [0.1, 0.15) is 10.4 Å².